The summed E-state index contributed by atoms with van der Waals surface area (Å²) in [5.74, 6) is 1.77. The number of rotatable bonds is 3. The van der Waals surface area contributed by atoms with Crippen molar-refractivity contribution in [3.63, 3.8) is 0 Å². The highest BCUT2D eigenvalue weighted by Gasteiger charge is 2.26. The van der Waals surface area contributed by atoms with Crippen LogP contribution in [0.4, 0.5) is 11.4 Å². The van der Waals surface area contributed by atoms with E-state index in [-0.39, 0.29) is 23.8 Å². The van der Waals surface area contributed by atoms with Gasteiger partial charge in [0.25, 0.3) is 0 Å². The van der Waals surface area contributed by atoms with E-state index in [1.807, 2.05) is 19.1 Å². The molecule has 2 amide bonds. The quantitative estimate of drug-likeness (QED) is 0.888. The third-order valence-electron chi connectivity index (χ3n) is 3.86. The molecule has 0 bridgehead atoms. The van der Waals surface area contributed by atoms with Crippen LogP contribution in [0.3, 0.4) is 0 Å². The van der Waals surface area contributed by atoms with Gasteiger partial charge in [-0.05, 0) is 24.3 Å². The van der Waals surface area contributed by atoms with Crippen molar-refractivity contribution in [3.05, 3.63) is 24.3 Å². The van der Waals surface area contributed by atoms with Crippen molar-refractivity contribution < 1.29 is 9.59 Å². The molecule has 1 aromatic carbocycles. The number of carbonyl (C=O) groups is 2. The van der Waals surface area contributed by atoms with Gasteiger partial charge in [0.05, 0.1) is 17.4 Å². The van der Waals surface area contributed by atoms with E-state index in [0.717, 1.165) is 18.1 Å². The molecule has 6 nitrogen and oxygen atoms in total. The molecule has 0 saturated carbocycles. The van der Waals surface area contributed by atoms with Crippen molar-refractivity contribution in [2.24, 2.45) is 11.0 Å². The van der Waals surface area contributed by atoms with Gasteiger partial charge >= 0.3 is 0 Å². The van der Waals surface area contributed by atoms with Crippen molar-refractivity contribution >= 4 is 41.2 Å². The first-order valence-corrected chi connectivity index (χ1v) is 8.88. The summed E-state index contributed by atoms with van der Waals surface area (Å²) >= 11 is 1.79. The van der Waals surface area contributed by atoms with Crippen LogP contribution >= 0.6 is 11.8 Å². The molecule has 1 fully saturated rings. The van der Waals surface area contributed by atoms with E-state index >= 15 is 0 Å². The van der Waals surface area contributed by atoms with Crippen LogP contribution in [0.25, 0.3) is 0 Å². The number of carbonyl (C=O) groups excluding carboxylic acids is 2. The highest BCUT2D eigenvalue weighted by Crippen LogP contribution is 2.29. The molecule has 0 radical (unpaired) electrons. The largest absolute Gasteiger partial charge is 0.323 e. The third-order valence-corrected chi connectivity index (χ3v) is 4.75. The summed E-state index contributed by atoms with van der Waals surface area (Å²) in [6.07, 6.45) is 2.99. The van der Waals surface area contributed by atoms with E-state index in [1.165, 1.54) is 5.01 Å². The van der Waals surface area contributed by atoms with Crippen LogP contribution in [0.15, 0.2) is 29.4 Å². The Morgan fingerprint density at radius 3 is 3.00 bits per heavy atom. The molecule has 3 rings (SSSR count). The lowest BCUT2D eigenvalue weighted by atomic mass is 10.1. The van der Waals surface area contributed by atoms with E-state index < -0.39 is 0 Å². The zero-order valence-electron chi connectivity index (χ0n) is 13.0. The van der Waals surface area contributed by atoms with Gasteiger partial charge in [-0.3, -0.25) is 14.9 Å². The van der Waals surface area contributed by atoms with Gasteiger partial charge in [-0.15, -0.1) is 11.8 Å². The van der Waals surface area contributed by atoms with E-state index in [4.69, 9.17) is 0 Å². The van der Waals surface area contributed by atoms with Crippen LogP contribution in [0.1, 0.15) is 19.8 Å². The number of hydrazone groups is 1. The number of anilines is 2. The van der Waals surface area contributed by atoms with Crippen molar-refractivity contribution in [2.45, 2.75) is 25.8 Å². The summed E-state index contributed by atoms with van der Waals surface area (Å²) < 4.78 is 0. The predicted molar refractivity (Wildman–Crippen MR) is 93.7 cm³/mol. The second-order valence-electron chi connectivity index (χ2n) is 5.76. The normalized spacial score (nSPS) is 24.6. The highest BCUT2D eigenvalue weighted by atomic mass is 32.2. The predicted octanol–water partition coefficient (Wildman–Crippen LogP) is 2.04. The average molecular weight is 332 g/mol. The van der Waals surface area contributed by atoms with Gasteiger partial charge in [-0.2, -0.15) is 10.1 Å². The molecule has 23 heavy (non-hydrogen) atoms. The minimum Gasteiger partial charge on any atom is -0.323 e. The third kappa shape index (κ3) is 3.73. The van der Waals surface area contributed by atoms with Gasteiger partial charge < -0.3 is 5.32 Å². The molecular weight excluding hydrogens is 312 g/mol. The van der Waals surface area contributed by atoms with Crippen molar-refractivity contribution in [3.8, 4) is 0 Å². The molecule has 0 spiro atoms. The first-order valence-electron chi connectivity index (χ1n) is 7.73. The fourth-order valence-electron chi connectivity index (χ4n) is 2.60. The van der Waals surface area contributed by atoms with Crippen LogP contribution in [-0.4, -0.2) is 35.7 Å². The Morgan fingerprint density at radius 1 is 1.43 bits per heavy atom. The fourth-order valence-corrected chi connectivity index (χ4v) is 3.46. The van der Waals surface area contributed by atoms with Crippen molar-refractivity contribution in [1.82, 2.24) is 5.32 Å². The standard InChI is InChI=1S/C16H20N4O2S/c1-11-8-15(21)20(18-9-11)14-5-3-2-4-12(14)19-16(22)13-6-7-23-10-17-13/h2-5,9,11,13,17H,6-8,10H2,1H3,(H,19,22). The molecule has 122 valence electrons. The number of nitrogens with zero attached hydrogens (tertiary/aromatic N) is 2. The zero-order valence-corrected chi connectivity index (χ0v) is 13.8. The lowest BCUT2D eigenvalue weighted by molar-refractivity contribution is -0.119. The fraction of sp³-hybridized carbons (Fsp3) is 0.438. The second kappa shape index (κ2) is 7.14. The van der Waals surface area contributed by atoms with E-state index in [9.17, 15) is 9.59 Å². The van der Waals surface area contributed by atoms with Gasteiger partial charge in [-0.1, -0.05) is 19.1 Å². The summed E-state index contributed by atoms with van der Waals surface area (Å²) in [5.41, 5.74) is 1.22. The number of hydrogen-bond donors (Lipinski definition) is 2. The molecule has 2 N–H and O–H groups in total. The first-order chi connectivity index (χ1) is 11.1. The van der Waals surface area contributed by atoms with Crippen molar-refractivity contribution in [1.29, 1.82) is 0 Å². The van der Waals surface area contributed by atoms with Crippen LogP contribution in [0.2, 0.25) is 0 Å². The SMILES string of the molecule is CC1C=NN(c2ccccc2NC(=O)C2CCSCN2)C(=O)C1. The Hall–Kier alpha value is -1.86. The number of nitrogens with one attached hydrogen (secondary N) is 2. The average Bonchev–Trinajstić information content (AvgIpc) is 2.56. The second-order valence-corrected chi connectivity index (χ2v) is 6.86. The topological polar surface area (TPSA) is 73.8 Å². The lowest BCUT2D eigenvalue weighted by Crippen LogP contribution is -2.43. The summed E-state index contributed by atoms with van der Waals surface area (Å²) in [6, 6.07) is 7.08. The van der Waals surface area contributed by atoms with E-state index in [0.29, 0.717) is 17.8 Å². The highest BCUT2D eigenvalue weighted by molar-refractivity contribution is 7.99. The Kier molecular flexibility index (Phi) is 4.97. The molecule has 0 aromatic heterocycles. The monoisotopic (exact) mass is 332 g/mol. The molecule has 1 saturated heterocycles. The molecule has 2 atom stereocenters. The summed E-state index contributed by atoms with van der Waals surface area (Å²) in [4.78, 5) is 24.6. The minimum absolute atomic E-state index is 0.0612. The van der Waals surface area contributed by atoms with Gasteiger partial charge in [0.1, 0.15) is 0 Å². The summed E-state index contributed by atoms with van der Waals surface area (Å²) in [7, 11) is 0. The van der Waals surface area contributed by atoms with Crippen LogP contribution < -0.4 is 15.6 Å². The van der Waals surface area contributed by atoms with E-state index in [2.05, 4.69) is 15.7 Å². The van der Waals surface area contributed by atoms with Crippen molar-refractivity contribution in [2.75, 3.05) is 22.0 Å². The number of amides is 2. The smallest absolute Gasteiger partial charge is 0.248 e. The molecule has 2 aliphatic rings. The molecule has 2 unspecified atom stereocenters. The number of thioether (sulfide) groups is 1. The Balaban J connectivity index is 1.79. The van der Waals surface area contributed by atoms with E-state index in [1.54, 1.807) is 30.1 Å². The van der Waals surface area contributed by atoms with Gasteiger partial charge in [0, 0.05) is 24.4 Å². The molecule has 0 aliphatic carbocycles. The summed E-state index contributed by atoms with van der Waals surface area (Å²) in [6.45, 7) is 1.96. The lowest BCUT2D eigenvalue weighted by Gasteiger charge is -2.26. The maximum Gasteiger partial charge on any atom is 0.248 e. The number of hydrogen-bond acceptors (Lipinski definition) is 5. The molecule has 7 heteroatoms. The van der Waals surface area contributed by atoms with Crippen LogP contribution in [0, 0.1) is 5.92 Å². The Labute approximate surface area is 139 Å². The van der Waals surface area contributed by atoms with Gasteiger partial charge in [-0.25, -0.2) is 0 Å². The molecule has 2 aliphatic heterocycles. The van der Waals surface area contributed by atoms with Crippen LogP contribution in [-0.2, 0) is 9.59 Å². The maximum absolute atomic E-state index is 12.4. The minimum atomic E-state index is -0.190. The Morgan fingerprint density at radius 2 is 2.26 bits per heavy atom. The molecule has 1 aromatic rings. The number of para-hydroxylation sites is 2. The molecule has 2 heterocycles. The molecular formula is C16H20N4O2S. The maximum atomic E-state index is 12.4. The number of benzene rings is 1. The van der Waals surface area contributed by atoms with Crippen LogP contribution in [0.5, 0.6) is 0 Å². The Bertz CT molecular complexity index is 628. The first kappa shape index (κ1) is 16.0. The summed E-state index contributed by atoms with van der Waals surface area (Å²) in [5, 5.41) is 11.7. The van der Waals surface area contributed by atoms with Gasteiger partial charge in [0.15, 0.2) is 0 Å². The zero-order chi connectivity index (χ0) is 16.2. The van der Waals surface area contributed by atoms with Gasteiger partial charge in [0.2, 0.25) is 11.8 Å².